The van der Waals surface area contributed by atoms with Crippen LogP contribution in [0.4, 0.5) is 0 Å². The van der Waals surface area contributed by atoms with Crippen molar-refractivity contribution in [1.82, 2.24) is 14.1 Å². The Labute approximate surface area is 150 Å². The van der Waals surface area contributed by atoms with Gasteiger partial charge in [-0.2, -0.15) is 0 Å². The van der Waals surface area contributed by atoms with Gasteiger partial charge in [0.05, 0.1) is 12.0 Å². The van der Waals surface area contributed by atoms with E-state index in [2.05, 4.69) is 31.8 Å². The fourth-order valence-electron chi connectivity index (χ4n) is 2.99. The van der Waals surface area contributed by atoms with Gasteiger partial charge in [-0.1, -0.05) is 39.7 Å². The number of nitrogens with zero attached hydrogens (tertiary/aromatic N) is 3. The second-order valence-corrected chi connectivity index (χ2v) is 6.90. The highest BCUT2D eigenvalue weighted by molar-refractivity contribution is 5.60. The number of unbranched alkanes of at least 4 members (excludes halogenated alkanes) is 2. The second-order valence-electron chi connectivity index (χ2n) is 6.90. The van der Waals surface area contributed by atoms with Crippen LogP contribution in [0.25, 0.3) is 6.08 Å². The van der Waals surface area contributed by atoms with Crippen LogP contribution < -0.4 is 0 Å². The Morgan fingerprint density at radius 2 is 1.96 bits per heavy atom. The number of aromatic hydroxyl groups is 2. The van der Waals surface area contributed by atoms with E-state index < -0.39 is 0 Å². The number of aromatic nitrogens is 3. The number of aryl methyl sites for hydroxylation is 1. The van der Waals surface area contributed by atoms with E-state index in [1.54, 1.807) is 12.5 Å². The van der Waals surface area contributed by atoms with Gasteiger partial charge >= 0.3 is 0 Å². The first-order valence-electron chi connectivity index (χ1n) is 9.31. The average molecular weight is 345 g/mol. The zero-order valence-corrected chi connectivity index (χ0v) is 15.6. The maximum absolute atomic E-state index is 10.4. The Balaban J connectivity index is 2.20. The topological polar surface area (TPSA) is 63.2 Å². The van der Waals surface area contributed by atoms with Crippen LogP contribution in [-0.4, -0.2) is 24.3 Å². The zero-order valence-electron chi connectivity index (χ0n) is 15.6. The molecule has 2 heterocycles. The van der Waals surface area contributed by atoms with Gasteiger partial charge in [0.1, 0.15) is 0 Å². The van der Waals surface area contributed by atoms with E-state index in [4.69, 9.17) is 0 Å². The van der Waals surface area contributed by atoms with Crippen molar-refractivity contribution >= 4 is 6.08 Å². The number of rotatable bonds is 10. The summed E-state index contributed by atoms with van der Waals surface area (Å²) in [6.45, 7) is 7.90. The number of hydrogen-bond acceptors (Lipinski definition) is 3. The van der Waals surface area contributed by atoms with E-state index in [1.165, 1.54) is 0 Å². The summed E-state index contributed by atoms with van der Waals surface area (Å²) in [4.78, 5) is 4.05. The van der Waals surface area contributed by atoms with Gasteiger partial charge in [-0.15, -0.1) is 0 Å². The third kappa shape index (κ3) is 5.15. The Bertz CT molecular complexity index is 670. The Hall–Kier alpha value is -2.17. The van der Waals surface area contributed by atoms with Crippen LogP contribution in [0.2, 0.25) is 0 Å². The van der Waals surface area contributed by atoms with Crippen molar-refractivity contribution in [2.45, 2.75) is 66.0 Å². The molecular formula is C20H31N3O2. The van der Waals surface area contributed by atoms with Crippen molar-refractivity contribution in [3.63, 3.8) is 0 Å². The summed E-state index contributed by atoms with van der Waals surface area (Å²) < 4.78 is 3.86. The molecule has 0 saturated heterocycles. The van der Waals surface area contributed by atoms with E-state index in [0.29, 0.717) is 12.5 Å². The summed E-state index contributed by atoms with van der Waals surface area (Å²) in [5.74, 6) is 0.449. The van der Waals surface area contributed by atoms with Crippen LogP contribution in [0.15, 0.2) is 24.8 Å². The summed E-state index contributed by atoms with van der Waals surface area (Å²) in [5, 5.41) is 20.9. The molecule has 0 spiro atoms. The molecule has 2 aromatic rings. The number of allylic oxidation sites excluding steroid dienone is 1. The lowest BCUT2D eigenvalue weighted by Crippen LogP contribution is -2.05. The maximum atomic E-state index is 10.4. The molecule has 0 fully saturated rings. The van der Waals surface area contributed by atoms with Crippen LogP contribution in [0.1, 0.15) is 57.7 Å². The summed E-state index contributed by atoms with van der Waals surface area (Å²) in [6.07, 6.45) is 14.6. The van der Waals surface area contributed by atoms with Gasteiger partial charge in [0.2, 0.25) is 5.88 Å². The molecule has 5 nitrogen and oxygen atoms in total. The van der Waals surface area contributed by atoms with Crippen molar-refractivity contribution in [1.29, 1.82) is 0 Å². The molecule has 2 N–H and O–H groups in total. The average Bonchev–Trinajstić information content (AvgIpc) is 3.17. The highest BCUT2D eigenvalue weighted by Gasteiger charge is 2.20. The second kappa shape index (κ2) is 9.35. The minimum Gasteiger partial charge on any atom is -0.503 e. The molecule has 0 amide bonds. The van der Waals surface area contributed by atoms with Crippen molar-refractivity contribution < 1.29 is 10.2 Å². The predicted molar refractivity (Wildman–Crippen MR) is 102 cm³/mol. The highest BCUT2D eigenvalue weighted by Crippen LogP contribution is 2.37. The lowest BCUT2D eigenvalue weighted by molar-refractivity contribution is 0.366. The van der Waals surface area contributed by atoms with Crippen LogP contribution in [0, 0.1) is 5.92 Å². The highest BCUT2D eigenvalue weighted by atomic mass is 16.3. The van der Waals surface area contributed by atoms with Gasteiger partial charge in [-0.3, -0.25) is 0 Å². The third-order valence-electron chi connectivity index (χ3n) is 4.38. The van der Waals surface area contributed by atoms with Crippen LogP contribution in [0.5, 0.6) is 11.6 Å². The molecule has 0 aliphatic heterocycles. The van der Waals surface area contributed by atoms with Gasteiger partial charge in [-0.05, 0) is 31.3 Å². The standard InChI is InChI=1S/C20H31N3O2/c1-4-5-6-8-17-18(10-9-16(2)3)23(20(25)19(17)24)13-7-12-22-14-11-21-15-22/h9-11,14-16,24-25H,4-8,12-13H2,1-3H3. The van der Waals surface area contributed by atoms with Gasteiger partial charge in [0, 0.05) is 31.0 Å². The van der Waals surface area contributed by atoms with Crippen LogP contribution in [0.3, 0.4) is 0 Å². The minimum absolute atomic E-state index is 0.0134. The molecule has 0 saturated carbocycles. The van der Waals surface area contributed by atoms with E-state index in [0.717, 1.165) is 49.9 Å². The fraction of sp³-hybridized carbons (Fsp3) is 0.550. The molecule has 0 aliphatic carbocycles. The van der Waals surface area contributed by atoms with Gasteiger partial charge < -0.3 is 19.3 Å². The first-order chi connectivity index (χ1) is 12.0. The SMILES string of the molecule is CCCCCc1c(O)c(O)n(CCCn2ccnc2)c1C=CC(C)C. The van der Waals surface area contributed by atoms with Crippen molar-refractivity contribution in [3.05, 3.63) is 36.1 Å². The molecule has 25 heavy (non-hydrogen) atoms. The number of hydrogen-bond donors (Lipinski definition) is 2. The normalized spacial score (nSPS) is 11.8. The molecule has 138 valence electrons. The van der Waals surface area contributed by atoms with Crippen LogP contribution >= 0.6 is 0 Å². The van der Waals surface area contributed by atoms with E-state index >= 15 is 0 Å². The van der Waals surface area contributed by atoms with E-state index in [9.17, 15) is 10.2 Å². The Morgan fingerprint density at radius 3 is 2.60 bits per heavy atom. The summed E-state index contributed by atoms with van der Waals surface area (Å²) >= 11 is 0. The minimum atomic E-state index is -0.0134. The molecule has 0 aliphatic rings. The molecule has 0 radical (unpaired) electrons. The first-order valence-corrected chi connectivity index (χ1v) is 9.31. The van der Waals surface area contributed by atoms with E-state index in [-0.39, 0.29) is 11.6 Å². The van der Waals surface area contributed by atoms with Gasteiger partial charge in [0.25, 0.3) is 0 Å². The molecule has 2 aromatic heterocycles. The maximum Gasteiger partial charge on any atom is 0.235 e. The van der Waals surface area contributed by atoms with Crippen molar-refractivity contribution in [3.8, 4) is 11.6 Å². The fourth-order valence-corrected chi connectivity index (χ4v) is 2.99. The van der Waals surface area contributed by atoms with Crippen LogP contribution in [-0.2, 0) is 19.5 Å². The molecule has 5 heteroatoms. The van der Waals surface area contributed by atoms with Crippen molar-refractivity contribution in [2.24, 2.45) is 5.92 Å². The zero-order chi connectivity index (χ0) is 18.2. The van der Waals surface area contributed by atoms with Gasteiger partial charge in [-0.25, -0.2) is 4.98 Å². The monoisotopic (exact) mass is 345 g/mol. The quantitative estimate of drug-likeness (QED) is 0.619. The molecule has 0 unspecified atom stereocenters. The lowest BCUT2D eigenvalue weighted by Gasteiger charge is -2.10. The summed E-state index contributed by atoms with van der Waals surface area (Å²) in [7, 11) is 0. The third-order valence-corrected chi connectivity index (χ3v) is 4.38. The number of imidazole rings is 1. The Kier molecular flexibility index (Phi) is 7.16. The lowest BCUT2D eigenvalue weighted by atomic mass is 10.1. The molecule has 0 atom stereocenters. The molecule has 0 bridgehead atoms. The van der Waals surface area contributed by atoms with E-state index in [1.807, 2.05) is 21.4 Å². The summed E-state index contributed by atoms with van der Waals surface area (Å²) in [6, 6.07) is 0. The first kappa shape index (κ1) is 19.2. The smallest absolute Gasteiger partial charge is 0.235 e. The molecular weight excluding hydrogens is 314 g/mol. The summed E-state index contributed by atoms with van der Waals surface area (Å²) in [5.41, 5.74) is 1.80. The molecule has 0 aromatic carbocycles. The molecule has 2 rings (SSSR count). The Morgan fingerprint density at radius 1 is 1.16 bits per heavy atom. The predicted octanol–water partition coefficient (Wildman–Crippen LogP) is 4.59. The van der Waals surface area contributed by atoms with Gasteiger partial charge in [0.15, 0.2) is 5.75 Å². The van der Waals surface area contributed by atoms with Crippen molar-refractivity contribution in [2.75, 3.05) is 0 Å². The largest absolute Gasteiger partial charge is 0.503 e.